The summed E-state index contributed by atoms with van der Waals surface area (Å²) in [6.45, 7) is 0.802. The molecule has 1 aromatic carbocycles. The number of carbonyl (C=O) groups is 1. The number of carboxylic acid groups (broad SMARTS) is 1. The normalized spacial score (nSPS) is 16.6. The maximum atomic E-state index is 13.6. The number of ether oxygens (including phenoxy) is 1. The first-order valence-electron chi connectivity index (χ1n) is 9.39. The Kier molecular flexibility index (Phi) is 4.01. The Morgan fingerprint density at radius 1 is 1.34 bits per heavy atom. The van der Waals surface area contributed by atoms with Crippen molar-refractivity contribution in [1.82, 2.24) is 15.0 Å². The average Bonchev–Trinajstić information content (AvgIpc) is 3.04. The van der Waals surface area contributed by atoms with E-state index in [0.29, 0.717) is 60.9 Å². The van der Waals surface area contributed by atoms with Crippen molar-refractivity contribution < 1.29 is 19.0 Å². The smallest absolute Gasteiger partial charge is 0.337 e. The first-order valence-corrected chi connectivity index (χ1v) is 9.39. The van der Waals surface area contributed by atoms with Crippen molar-refractivity contribution in [3.63, 3.8) is 0 Å². The van der Waals surface area contributed by atoms with Gasteiger partial charge in [-0.15, -0.1) is 0 Å². The van der Waals surface area contributed by atoms with E-state index in [1.165, 1.54) is 12.1 Å². The van der Waals surface area contributed by atoms with Crippen molar-refractivity contribution in [3.8, 4) is 22.8 Å². The summed E-state index contributed by atoms with van der Waals surface area (Å²) in [5.74, 6) is -0.952. The van der Waals surface area contributed by atoms with Gasteiger partial charge >= 0.3 is 5.97 Å². The van der Waals surface area contributed by atoms with Gasteiger partial charge in [0.25, 0.3) is 0 Å². The molecule has 7 nitrogen and oxygen atoms in total. The second-order valence-corrected chi connectivity index (χ2v) is 7.75. The molecule has 0 amide bonds. The Hall–Kier alpha value is -3.10. The van der Waals surface area contributed by atoms with Gasteiger partial charge in [-0.3, -0.25) is 0 Å². The lowest BCUT2D eigenvalue weighted by Crippen LogP contribution is -2.59. The second-order valence-electron chi connectivity index (χ2n) is 7.75. The molecule has 2 aliphatic rings. The molecule has 0 unspecified atom stereocenters. The lowest BCUT2D eigenvalue weighted by Gasteiger charge is -2.37. The van der Waals surface area contributed by atoms with E-state index in [1.54, 1.807) is 18.3 Å². The molecule has 148 valence electrons. The number of aromatic amines is 1. The number of nitrogens with two attached hydrogens (primary N) is 1. The van der Waals surface area contributed by atoms with Gasteiger partial charge < -0.3 is 20.6 Å². The average molecular weight is 394 g/mol. The van der Waals surface area contributed by atoms with E-state index >= 15 is 0 Å². The third-order valence-electron chi connectivity index (χ3n) is 5.53. The van der Waals surface area contributed by atoms with Crippen LogP contribution in [0.15, 0.2) is 30.5 Å². The number of rotatable bonds is 4. The van der Waals surface area contributed by atoms with Crippen LogP contribution >= 0.6 is 0 Å². The number of carboxylic acids is 1. The summed E-state index contributed by atoms with van der Waals surface area (Å²) in [6.07, 6.45) is 3.34. The van der Waals surface area contributed by atoms with E-state index in [1.807, 2.05) is 0 Å². The third kappa shape index (κ3) is 3.01. The molecule has 3 heterocycles. The summed E-state index contributed by atoms with van der Waals surface area (Å²) in [6, 6.07) is 6.09. The number of fused-ring (bicyclic) bond motifs is 3. The molecule has 0 spiro atoms. The van der Waals surface area contributed by atoms with Crippen LogP contribution in [0.2, 0.25) is 0 Å². The maximum absolute atomic E-state index is 13.6. The molecule has 0 bridgehead atoms. The molecular weight excluding hydrogens is 375 g/mol. The summed E-state index contributed by atoms with van der Waals surface area (Å²) in [4.78, 5) is 24.3. The Morgan fingerprint density at radius 2 is 2.17 bits per heavy atom. The summed E-state index contributed by atoms with van der Waals surface area (Å²) in [7, 11) is 0. The fourth-order valence-corrected chi connectivity index (χ4v) is 4.09. The number of nitrogens with zero attached hydrogens (tertiary/aromatic N) is 2. The zero-order valence-corrected chi connectivity index (χ0v) is 15.5. The zero-order chi connectivity index (χ0) is 20.2. The molecule has 29 heavy (non-hydrogen) atoms. The highest BCUT2D eigenvalue weighted by molar-refractivity contribution is 5.94. The number of aryl methyl sites for hydroxylation is 1. The predicted octanol–water partition coefficient (Wildman–Crippen LogP) is 2.34. The number of nitrogens with one attached hydrogen (secondary N) is 1. The lowest BCUT2D eigenvalue weighted by atomic mass is 9.88. The van der Waals surface area contributed by atoms with Crippen molar-refractivity contribution in [2.75, 3.05) is 13.2 Å². The highest BCUT2D eigenvalue weighted by Gasteiger charge is 2.38. The summed E-state index contributed by atoms with van der Waals surface area (Å²) in [5, 5.41) is 9.84. The van der Waals surface area contributed by atoms with Crippen molar-refractivity contribution >= 4 is 5.97 Å². The minimum absolute atomic E-state index is 0.272. The van der Waals surface area contributed by atoms with E-state index in [9.17, 15) is 14.3 Å². The number of aromatic nitrogens is 3. The van der Waals surface area contributed by atoms with E-state index in [-0.39, 0.29) is 11.4 Å². The highest BCUT2D eigenvalue weighted by atomic mass is 19.1. The molecule has 3 aromatic rings. The number of halogens is 1. The van der Waals surface area contributed by atoms with Crippen molar-refractivity contribution in [2.45, 2.75) is 24.8 Å². The quantitative estimate of drug-likeness (QED) is 0.626. The molecule has 5 rings (SSSR count). The predicted molar refractivity (Wildman–Crippen MR) is 103 cm³/mol. The molecule has 0 atom stereocenters. The molecule has 1 aliphatic heterocycles. The van der Waals surface area contributed by atoms with Crippen LogP contribution in [0.1, 0.15) is 27.2 Å². The van der Waals surface area contributed by atoms with Gasteiger partial charge in [-0.2, -0.15) is 0 Å². The molecule has 0 radical (unpaired) electrons. The Labute approximate surface area is 165 Å². The largest absolute Gasteiger partial charge is 0.478 e. The zero-order valence-electron chi connectivity index (χ0n) is 15.5. The summed E-state index contributed by atoms with van der Waals surface area (Å²) < 4.78 is 18.8. The molecule has 2 aromatic heterocycles. The molecule has 8 heteroatoms. The monoisotopic (exact) mass is 394 g/mol. The van der Waals surface area contributed by atoms with Gasteiger partial charge in [-0.25, -0.2) is 19.2 Å². The van der Waals surface area contributed by atoms with Crippen LogP contribution in [0.5, 0.6) is 0 Å². The van der Waals surface area contributed by atoms with Gasteiger partial charge in [0.05, 0.1) is 35.7 Å². The van der Waals surface area contributed by atoms with Gasteiger partial charge in [-0.05, 0) is 36.1 Å². The molecular formula is C21H19FN4O3. The molecule has 1 aliphatic carbocycles. The lowest BCUT2D eigenvalue weighted by molar-refractivity contribution is -0.0533. The van der Waals surface area contributed by atoms with Crippen LogP contribution in [0.4, 0.5) is 4.39 Å². The van der Waals surface area contributed by atoms with Gasteiger partial charge in [0.1, 0.15) is 5.82 Å². The second kappa shape index (κ2) is 6.47. The third-order valence-corrected chi connectivity index (χ3v) is 5.53. The fraction of sp³-hybridized carbons (Fsp3) is 0.286. The van der Waals surface area contributed by atoms with Gasteiger partial charge in [0, 0.05) is 23.9 Å². The van der Waals surface area contributed by atoms with E-state index in [4.69, 9.17) is 10.5 Å². The number of H-pyrrole nitrogens is 1. The Morgan fingerprint density at radius 3 is 2.86 bits per heavy atom. The van der Waals surface area contributed by atoms with Gasteiger partial charge in [0.2, 0.25) is 0 Å². The van der Waals surface area contributed by atoms with Crippen LogP contribution in [0, 0.1) is 5.82 Å². The fourth-order valence-electron chi connectivity index (χ4n) is 4.09. The van der Waals surface area contributed by atoms with E-state index in [0.717, 1.165) is 11.1 Å². The number of hydrogen-bond acceptors (Lipinski definition) is 5. The maximum Gasteiger partial charge on any atom is 0.337 e. The first kappa shape index (κ1) is 18.0. The number of benzene rings is 1. The van der Waals surface area contributed by atoms with Crippen LogP contribution in [-0.2, 0) is 24.0 Å². The minimum atomic E-state index is -0.982. The van der Waals surface area contributed by atoms with Gasteiger partial charge in [0.15, 0.2) is 5.82 Å². The Balaban J connectivity index is 1.63. The van der Waals surface area contributed by atoms with Crippen LogP contribution < -0.4 is 5.73 Å². The van der Waals surface area contributed by atoms with Gasteiger partial charge in [-0.1, -0.05) is 12.1 Å². The van der Waals surface area contributed by atoms with Crippen LogP contribution in [0.25, 0.3) is 22.8 Å². The standard InChI is InChI=1S/C21H19FN4O3/c22-13-3-1-2-11(6-13)19-24-8-12-4-5-14-16(20(27)28)15(7-21(23)9-29-10-21)25-18(14)17(12)26-19/h1-3,6,8,25H,4-5,7,9-10,23H2,(H,27,28). The topological polar surface area (TPSA) is 114 Å². The minimum Gasteiger partial charge on any atom is -0.478 e. The number of aromatic carboxylic acids is 1. The SMILES string of the molecule is NC1(Cc2[nH]c3c(c2C(=O)O)CCc2cnc(-c4cccc(F)c4)nc2-3)COC1. The molecule has 1 fully saturated rings. The highest BCUT2D eigenvalue weighted by Crippen LogP contribution is 2.37. The van der Waals surface area contributed by atoms with E-state index in [2.05, 4.69) is 15.0 Å². The first-order chi connectivity index (χ1) is 13.9. The molecule has 0 saturated carbocycles. The summed E-state index contributed by atoms with van der Waals surface area (Å²) in [5.41, 5.74) is 10.1. The van der Waals surface area contributed by atoms with Crippen LogP contribution in [-0.4, -0.2) is 44.8 Å². The Bertz CT molecular complexity index is 1140. The number of hydrogen-bond donors (Lipinski definition) is 3. The van der Waals surface area contributed by atoms with Crippen molar-refractivity contribution in [3.05, 3.63) is 58.7 Å². The van der Waals surface area contributed by atoms with Crippen LogP contribution in [0.3, 0.4) is 0 Å². The molecule has 4 N–H and O–H groups in total. The molecule has 1 saturated heterocycles. The van der Waals surface area contributed by atoms with Crippen molar-refractivity contribution in [2.24, 2.45) is 5.73 Å². The summed E-state index contributed by atoms with van der Waals surface area (Å²) >= 11 is 0. The van der Waals surface area contributed by atoms with E-state index < -0.39 is 11.5 Å². The van der Waals surface area contributed by atoms with Crippen molar-refractivity contribution in [1.29, 1.82) is 0 Å².